The maximum atomic E-state index is 2.71. The lowest BCUT2D eigenvalue weighted by Crippen LogP contribution is -2.28. The molecule has 0 bridgehead atoms. The first-order valence-corrected chi connectivity index (χ1v) is 8.31. The standard InChI is InChI=1S/C20H23N/c1-2-8-16(9-3-1)17-12-6-14-21-15-7-13-20(21)19-11-5-4-10-18(17)19/h1-5,8-11,17,20H,6-7,12-15H2/t17-,20+/m1/s1. The molecular formula is C20H23N. The van der Waals surface area contributed by atoms with Crippen LogP contribution in [0.5, 0.6) is 0 Å². The van der Waals surface area contributed by atoms with Gasteiger partial charge in [-0.1, -0.05) is 54.6 Å². The predicted molar refractivity (Wildman–Crippen MR) is 87.5 cm³/mol. The van der Waals surface area contributed by atoms with Crippen LogP contribution >= 0.6 is 0 Å². The second-order valence-electron chi connectivity index (χ2n) is 6.43. The van der Waals surface area contributed by atoms with Gasteiger partial charge in [-0.3, -0.25) is 4.90 Å². The molecular weight excluding hydrogens is 254 g/mol. The highest BCUT2D eigenvalue weighted by atomic mass is 15.2. The predicted octanol–water partition coefficient (Wildman–Crippen LogP) is 4.75. The maximum Gasteiger partial charge on any atom is 0.0351 e. The van der Waals surface area contributed by atoms with Gasteiger partial charge in [-0.25, -0.2) is 0 Å². The summed E-state index contributed by atoms with van der Waals surface area (Å²) in [4.78, 5) is 2.71. The van der Waals surface area contributed by atoms with Crippen LogP contribution in [0.3, 0.4) is 0 Å². The maximum absolute atomic E-state index is 2.71. The highest BCUT2D eigenvalue weighted by molar-refractivity contribution is 5.40. The molecule has 2 aromatic carbocycles. The summed E-state index contributed by atoms with van der Waals surface area (Å²) in [5.74, 6) is 0.574. The summed E-state index contributed by atoms with van der Waals surface area (Å²) in [6, 6.07) is 20.9. The summed E-state index contributed by atoms with van der Waals surface area (Å²) in [5.41, 5.74) is 4.64. The molecule has 2 aliphatic rings. The Balaban J connectivity index is 1.81. The number of nitrogens with zero attached hydrogens (tertiary/aromatic N) is 1. The molecule has 2 atom stereocenters. The van der Waals surface area contributed by atoms with E-state index in [1.807, 2.05) is 0 Å². The minimum atomic E-state index is 0.574. The highest BCUT2D eigenvalue weighted by Gasteiger charge is 2.31. The molecule has 0 N–H and O–H groups in total. The molecule has 1 saturated heterocycles. The Morgan fingerprint density at radius 2 is 1.38 bits per heavy atom. The van der Waals surface area contributed by atoms with Crippen LogP contribution in [-0.2, 0) is 0 Å². The van der Waals surface area contributed by atoms with Crippen LogP contribution in [0.4, 0.5) is 0 Å². The molecule has 0 radical (unpaired) electrons. The van der Waals surface area contributed by atoms with Crippen LogP contribution in [0.1, 0.15) is 54.3 Å². The van der Waals surface area contributed by atoms with Crippen molar-refractivity contribution in [1.82, 2.24) is 4.90 Å². The Hall–Kier alpha value is -1.60. The lowest BCUT2D eigenvalue weighted by atomic mass is 9.81. The van der Waals surface area contributed by atoms with E-state index < -0.39 is 0 Å². The van der Waals surface area contributed by atoms with E-state index in [-0.39, 0.29) is 0 Å². The van der Waals surface area contributed by atoms with Gasteiger partial charge in [0.1, 0.15) is 0 Å². The van der Waals surface area contributed by atoms with Crippen molar-refractivity contribution in [2.45, 2.75) is 37.6 Å². The van der Waals surface area contributed by atoms with Crippen molar-refractivity contribution in [3.8, 4) is 0 Å². The molecule has 0 unspecified atom stereocenters. The van der Waals surface area contributed by atoms with Gasteiger partial charge < -0.3 is 0 Å². The third-order valence-electron chi connectivity index (χ3n) is 5.23. The lowest BCUT2D eigenvalue weighted by molar-refractivity contribution is 0.242. The molecule has 108 valence electrons. The minimum absolute atomic E-state index is 0.574. The van der Waals surface area contributed by atoms with Gasteiger partial charge in [-0.05, 0) is 55.5 Å². The van der Waals surface area contributed by atoms with Gasteiger partial charge >= 0.3 is 0 Å². The number of hydrogen-bond donors (Lipinski definition) is 0. The smallest absolute Gasteiger partial charge is 0.0351 e. The number of hydrogen-bond acceptors (Lipinski definition) is 1. The lowest BCUT2D eigenvalue weighted by Gasteiger charge is -2.32. The molecule has 1 fully saturated rings. The van der Waals surface area contributed by atoms with Gasteiger partial charge in [0.25, 0.3) is 0 Å². The van der Waals surface area contributed by atoms with Gasteiger partial charge in [0.15, 0.2) is 0 Å². The fourth-order valence-electron chi connectivity index (χ4n) is 4.26. The highest BCUT2D eigenvalue weighted by Crippen LogP contribution is 2.41. The molecule has 1 nitrogen and oxygen atoms in total. The quantitative estimate of drug-likeness (QED) is 0.727. The van der Waals surface area contributed by atoms with Crippen molar-refractivity contribution in [2.24, 2.45) is 0 Å². The third-order valence-corrected chi connectivity index (χ3v) is 5.23. The number of fused-ring (bicyclic) bond motifs is 3. The normalized spacial score (nSPS) is 25.7. The first-order valence-electron chi connectivity index (χ1n) is 8.31. The molecule has 0 aromatic heterocycles. The van der Waals surface area contributed by atoms with Crippen molar-refractivity contribution in [2.75, 3.05) is 13.1 Å². The average molecular weight is 277 g/mol. The van der Waals surface area contributed by atoms with Gasteiger partial charge in [0.05, 0.1) is 0 Å². The van der Waals surface area contributed by atoms with Crippen molar-refractivity contribution in [3.05, 3.63) is 71.3 Å². The molecule has 0 aliphatic carbocycles. The van der Waals surface area contributed by atoms with E-state index in [1.54, 1.807) is 11.1 Å². The molecule has 4 rings (SSSR count). The first-order chi connectivity index (χ1) is 10.4. The molecule has 2 aromatic rings. The number of benzene rings is 2. The molecule has 21 heavy (non-hydrogen) atoms. The molecule has 0 amide bonds. The summed E-state index contributed by atoms with van der Waals surface area (Å²) in [6.45, 7) is 2.55. The van der Waals surface area contributed by atoms with E-state index in [4.69, 9.17) is 0 Å². The van der Waals surface area contributed by atoms with Gasteiger partial charge in [-0.15, -0.1) is 0 Å². The average Bonchev–Trinajstić information content (AvgIpc) is 2.98. The van der Waals surface area contributed by atoms with Crippen molar-refractivity contribution < 1.29 is 0 Å². The second-order valence-corrected chi connectivity index (χ2v) is 6.43. The zero-order chi connectivity index (χ0) is 14.1. The Labute approximate surface area is 127 Å². The Morgan fingerprint density at radius 1 is 0.714 bits per heavy atom. The van der Waals surface area contributed by atoms with Crippen LogP contribution in [0.25, 0.3) is 0 Å². The third kappa shape index (κ3) is 2.40. The fraction of sp³-hybridized carbons (Fsp3) is 0.400. The fourth-order valence-corrected chi connectivity index (χ4v) is 4.26. The van der Waals surface area contributed by atoms with Crippen LogP contribution < -0.4 is 0 Å². The topological polar surface area (TPSA) is 3.24 Å². The van der Waals surface area contributed by atoms with Crippen LogP contribution in [-0.4, -0.2) is 18.0 Å². The van der Waals surface area contributed by atoms with Crippen molar-refractivity contribution >= 4 is 0 Å². The van der Waals surface area contributed by atoms with Crippen molar-refractivity contribution in [3.63, 3.8) is 0 Å². The summed E-state index contributed by atoms with van der Waals surface area (Å²) >= 11 is 0. The summed E-state index contributed by atoms with van der Waals surface area (Å²) in [5, 5.41) is 0. The van der Waals surface area contributed by atoms with Gasteiger partial charge in [-0.2, -0.15) is 0 Å². The summed E-state index contributed by atoms with van der Waals surface area (Å²) < 4.78 is 0. The van der Waals surface area contributed by atoms with E-state index >= 15 is 0 Å². The van der Waals surface area contributed by atoms with Crippen LogP contribution in [0, 0.1) is 0 Å². The molecule has 2 heterocycles. The molecule has 1 heteroatoms. The number of rotatable bonds is 1. The van der Waals surface area contributed by atoms with Crippen LogP contribution in [0.2, 0.25) is 0 Å². The summed E-state index contributed by atoms with van der Waals surface area (Å²) in [7, 11) is 0. The van der Waals surface area contributed by atoms with E-state index in [2.05, 4.69) is 59.5 Å². The van der Waals surface area contributed by atoms with E-state index in [0.29, 0.717) is 12.0 Å². The molecule has 0 saturated carbocycles. The second kappa shape index (κ2) is 5.65. The van der Waals surface area contributed by atoms with E-state index in [1.165, 1.54) is 44.3 Å². The Bertz CT molecular complexity index is 604. The van der Waals surface area contributed by atoms with Crippen molar-refractivity contribution in [1.29, 1.82) is 0 Å². The van der Waals surface area contributed by atoms with E-state index in [9.17, 15) is 0 Å². The van der Waals surface area contributed by atoms with E-state index in [0.717, 1.165) is 0 Å². The molecule has 0 spiro atoms. The molecule has 2 aliphatic heterocycles. The summed E-state index contributed by atoms with van der Waals surface area (Å²) in [6.07, 6.45) is 5.27. The van der Waals surface area contributed by atoms with Crippen LogP contribution in [0.15, 0.2) is 54.6 Å². The SMILES string of the molecule is c1ccc([C@H]2CCCN3CCC[C@H]3c3ccccc32)cc1. The Kier molecular flexibility index (Phi) is 3.52. The first kappa shape index (κ1) is 13.1. The largest absolute Gasteiger partial charge is 0.296 e. The zero-order valence-corrected chi connectivity index (χ0v) is 12.5. The van der Waals surface area contributed by atoms with Gasteiger partial charge in [0.2, 0.25) is 0 Å². The minimum Gasteiger partial charge on any atom is -0.296 e. The zero-order valence-electron chi connectivity index (χ0n) is 12.5. The van der Waals surface area contributed by atoms with Gasteiger partial charge in [0, 0.05) is 12.0 Å². The monoisotopic (exact) mass is 277 g/mol. The Morgan fingerprint density at radius 3 is 2.19 bits per heavy atom.